The van der Waals surface area contributed by atoms with E-state index in [-0.39, 0.29) is 0 Å². The molecule has 0 aliphatic carbocycles. The lowest BCUT2D eigenvalue weighted by Gasteiger charge is -1.96. The van der Waals surface area contributed by atoms with Gasteiger partial charge in [-0.15, -0.1) is 0 Å². The van der Waals surface area contributed by atoms with E-state index in [1.807, 2.05) is 12.1 Å². The molecular weight excluding hydrogens is 172 g/mol. The molecule has 0 bridgehead atoms. The quantitative estimate of drug-likeness (QED) is 0.378. The molecule has 1 nitrogen and oxygen atoms in total. The molecule has 0 heterocycles. The average Bonchev–Trinajstić information content (AvgIpc) is 2.25. The molecule has 0 aromatic heterocycles. The van der Waals surface area contributed by atoms with E-state index in [0.29, 0.717) is 6.61 Å². The van der Waals surface area contributed by atoms with Crippen LogP contribution in [0.1, 0.15) is 12.0 Å². The number of ether oxygens (including phenoxy) is 1. The highest BCUT2D eigenvalue weighted by Crippen LogP contribution is 2.02. The van der Waals surface area contributed by atoms with E-state index in [4.69, 9.17) is 4.74 Å². The van der Waals surface area contributed by atoms with E-state index in [0.717, 1.165) is 12.8 Å². The van der Waals surface area contributed by atoms with E-state index in [9.17, 15) is 0 Å². The Bertz CT molecular complexity index is 275. The van der Waals surface area contributed by atoms with E-state index in [2.05, 4.69) is 36.9 Å². The fourth-order valence-corrected chi connectivity index (χ4v) is 1.20. The first-order valence-corrected chi connectivity index (χ1v) is 4.85. The molecule has 0 unspecified atom stereocenters. The van der Waals surface area contributed by atoms with Crippen molar-refractivity contribution >= 4 is 0 Å². The largest absolute Gasteiger partial charge is 0.498 e. The Morgan fingerprint density at radius 3 is 2.64 bits per heavy atom. The van der Waals surface area contributed by atoms with Crippen molar-refractivity contribution in [3.8, 4) is 0 Å². The summed E-state index contributed by atoms with van der Waals surface area (Å²) in [6.45, 7) is 4.09. The first-order valence-electron chi connectivity index (χ1n) is 4.85. The van der Waals surface area contributed by atoms with Gasteiger partial charge in [0.15, 0.2) is 0 Å². The van der Waals surface area contributed by atoms with E-state index >= 15 is 0 Å². The molecular formula is C13H16O. The zero-order chi connectivity index (χ0) is 10.1. The van der Waals surface area contributed by atoms with Gasteiger partial charge in [0, 0.05) is 0 Å². The van der Waals surface area contributed by atoms with Crippen molar-refractivity contribution in [2.45, 2.75) is 12.8 Å². The fourth-order valence-electron chi connectivity index (χ4n) is 1.20. The van der Waals surface area contributed by atoms with Crippen molar-refractivity contribution in [1.29, 1.82) is 0 Å². The molecule has 0 spiro atoms. The van der Waals surface area contributed by atoms with Crippen LogP contribution in [0.15, 0.2) is 55.3 Å². The number of rotatable bonds is 6. The summed E-state index contributed by atoms with van der Waals surface area (Å²) in [5, 5.41) is 0. The highest BCUT2D eigenvalue weighted by atomic mass is 16.5. The molecule has 0 atom stereocenters. The predicted octanol–water partition coefficient (Wildman–Crippen LogP) is 3.34. The summed E-state index contributed by atoms with van der Waals surface area (Å²) in [6.07, 6.45) is 7.76. The predicted molar refractivity (Wildman–Crippen MR) is 60.1 cm³/mol. The molecule has 1 aromatic carbocycles. The fraction of sp³-hybridized carbons (Fsp3) is 0.231. The van der Waals surface area contributed by atoms with Crippen molar-refractivity contribution < 1.29 is 4.74 Å². The molecule has 0 saturated heterocycles. The Morgan fingerprint density at radius 1 is 1.14 bits per heavy atom. The lowest BCUT2D eigenvalue weighted by Crippen LogP contribution is -1.83. The van der Waals surface area contributed by atoms with E-state index < -0.39 is 0 Å². The first-order chi connectivity index (χ1) is 6.93. The molecule has 14 heavy (non-hydrogen) atoms. The van der Waals surface area contributed by atoms with Gasteiger partial charge in [-0.25, -0.2) is 0 Å². The van der Waals surface area contributed by atoms with Gasteiger partial charge in [0.25, 0.3) is 0 Å². The zero-order valence-corrected chi connectivity index (χ0v) is 8.36. The summed E-state index contributed by atoms with van der Waals surface area (Å²) < 4.78 is 4.96. The Morgan fingerprint density at radius 2 is 1.93 bits per heavy atom. The number of aryl methyl sites for hydroxylation is 1. The molecule has 0 saturated carbocycles. The van der Waals surface area contributed by atoms with Gasteiger partial charge in [-0.2, -0.15) is 0 Å². The highest BCUT2D eigenvalue weighted by molar-refractivity contribution is 5.15. The van der Waals surface area contributed by atoms with Gasteiger partial charge < -0.3 is 4.74 Å². The third kappa shape index (κ3) is 4.51. The molecule has 0 fully saturated rings. The van der Waals surface area contributed by atoms with Crippen LogP contribution in [0.4, 0.5) is 0 Å². The third-order valence-electron chi connectivity index (χ3n) is 1.92. The Balaban J connectivity index is 2.15. The molecule has 74 valence electrons. The van der Waals surface area contributed by atoms with E-state index in [1.54, 1.807) is 0 Å². The normalized spacial score (nSPS) is 10.3. The minimum Gasteiger partial charge on any atom is -0.498 e. The van der Waals surface area contributed by atoms with Gasteiger partial charge >= 0.3 is 0 Å². The number of hydrogen-bond donors (Lipinski definition) is 0. The van der Waals surface area contributed by atoms with Crippen LogP contribution in [-0.2, 0) is 11.2 Å². The van der Waals surface area contributed by atoms with Crippen LogP contribution < -0.4 is 0 Å². The van der Waals surface area contributed by atoms with Gasteiger partial charge in [0.1, 0.15) is 6.61 Å². The van der Waals surface area contributed by atoms with Gasteiger partial charge in [0.05, 0.1) is 6.26 Å². The Labute approximate surface area is 85.7 Å². The SMILES string of the molecule is C=COC/C=C/CCc1ccccc1. The molecule has 0 aliphatic heterocycles. The lowest BCUT2D eigenvalue weighted by atomic mass is 10.1. The lowest BCUT2D eigenvalue weighted by molar-refractivity contribution is 0.291. The van der Waals surface area contributed by atoms with E-state index in [1.165, 1.54) is 11.8 Å². The summed E-state index contributed by atoms with van der Waals surface area (Å²) in [5.41, 5.74) is 1.38. The Kier molecular flexibility index (Phi) is 5.26. The maximum atomic E-state index is 4.96. The maximum absolute atomic E-state index is 4.96. The summed E-state index contributed by atoms with van der Waals surface area (Å²) in [6, 6.07) is 10.5. The van der Waals surface area contributed by atoms with Crippen LogP contribution in [0, 0.1) is 0 Å². The van der Waals surface area contributed by atoms with Crippen molar-refractivity contribution in [2.24, 2.45) is 0 Å². The summed E-state index contributed by atoms with van der Waals surface area (Å²) in [5.74, 6) is 0. The Hall–Kier alpha value is -1.50. The monoisotopic (exact) mass is 188 g/mol. The topological polar surface area (TPSA) is 9.23 Å². The smallest absolute Gasteiger partial charge is 0.105 e. The summed E-state index contributed by atoms with van der Waals surface area (Å²) in [7, 11) is 0. The van der Waals surface area contributed by atoms with Gasteiger partial charge in [0.2, 0.25) is 0 Å². The molecule has 0 radical (unpaired) electrons. The number of hydrogen-bond acceptors (Lipinski definition) is 1. The summed E-state index contributed by atoms with van der Waals surface area (Å²) >= 11 is 0. The van der Waals surface area contributed by atoms with Crippen molar-refractivity contribution in [1.82, 2.24) is 0 Å². The molecule has 0 N–H and O–H groups in total. The van der Waals surface area contributed by atoms with Crippen LogP contribution >= 0.6 is 0 Å². The van der Waals surface area contributed by atoms with Crippen LogP contribution in [0.2, 0.25) is 0 Å². The second-order valence-electron chi connectivity index (χ2n) is 3.00. The second-order valence-corrected chi connectivity index (χ2v) is 3.00. The highest BCUT2D eigenvalue weighted by Gasteiger charge is 1.87. The van der Waals surface area contributed by atoms with Crippen LogP contribution in [-0.4, -0.2) is 6.61 Å². The van der Waals surface area contributed by atoms with Crippen LogP contribution in [0.25, 0.3) is 0 Å². The van der Waals surface area contributed by atoms with Crippen molar-refractivity contribution in [3.63, 3.8) is 0 Å². The zero-order valence-electron chi connectivity index (χ0n) is 8.36. The first kappa shape index (κ1) is 10.6. The minimum atomic E-state index is 0.623. The average molecular weight is 188 g/mol. The standard InChI is InChI=1S/C13H16O/c1-2-14-12-8-4-7-11-13-9-5-3-6-10-13/h2-6,8-10H,1,7,11-12H2/b8-4+. The molecule has 0 aliphatic rings. The van der Waals surface area contributed by atoms with Gasteiger partial charge in [-0.1, -0.05) is 49.1 Å². The van der Waals surface area contributed by atoms with Crippen LogP contribution in [0.3, 0.4) is 0 Å². The molecule has 1 rings (SSSR count). The molecule has 0 amide bonds. The third-order valence-corrected chi connectivity index (χ3v) is 1.92. The number of benzene rings is 1. The summed E-state index contributed by atoms with van der Waals surface area (Å²) in [4.78, 5) is 0. The minimum absolute atomic E-state index is 0.623. The number of allylic oxidation sites excluding steroid dienone is 1. The van der Waals surface area contributed by atoms with Gasteiger partial charge in [-0.05, 0) is 18.4 Å². The van der Waals surface area contributed by atoms with Crippen LogP contribution in [0.5, 0.6) is 0 Å². The maximum Gasteiger partial charge on any atom is 0.105 e. The second kappa shape index (κ2) is 6.96. The van der Waals surface area contributed by atoms with Crippen molar-refractivity contribution in [3.05, 3.63) is 60.9 Å². The van der Waals surface area contributed by atoms with Gasteiger partial charge in [-0.3, -0.25) is 0 Å². The molecule has 1 aromatic rings. The van der Waals surface area contributed by atoms with Crippen molar-refractivity contribution in [2.75, 3.05) is 6.61 Å². The molecule has 1 heteroatoms.